The molecule has 1 saturated heterocycles. The minimum Gasteiger partial charge on any atom is -0.380 e. The highest BCUT2D eigenvalue weighted by atomic mass is 16.6. The molecule has 0 spiro atoms. The predicted octanol–water partition coefficient (Wildman–Crippen LogP) is 3.65. The number of nitro groups is 1. The predicted molar refractivity (Wildman–Crippen MR) is 85.5 cm³/mol. The summed E-state index contributed by atoms with van der Waals surface area (Å²) in [5.74, 6) is 0.797. The van der Waals surface area contributed by atoms with Gasteiger partial charge in [0, 0.05) is 25.2 Å². The quantitative estimate of drug-likeness (QED) is 0.664. The Morgan fingerprint density at radius 1 is 1.43 bits per heavy atom. The van der Waals surface area contributed by atoms with Gasteiger partial charge >= 0.3 is 0 Å². The molecule has 2 rings (SSSR count). The maximum Gasteiger partial charge on any atom is 0.292 e. The number of nitrogens with one attached hydrogen (secondary N) is 1. The average molecular weight is 291 g/mol. The lowest BCUT2D eigenvalue weighted by Crippen LogP contribution is -2.39. The molecule has 0 aromatic heterocycles. The Hall–Kier alpha value is -1.62. The Bertz CT molecular complexity index is 504. The summed E-state index contributed by atoms with van der Waals surface area (Å²) in [6.45, 7) is 9.18. The minimum atomic E-state index is -0.326. The molecule has 1 aromatic carbocycles. The summed E-state index contributed by atoms with van der Waals surface area (Å²) in [4.78, 5) is 13.2. The Balaban J connectivity index is 2.13. The van der Waals surface area contributed by atoms with Gasteiger partial charge in [0.15, 0.2) is 0 Å². The molecule has 0 saturated carbocycles. The second kappa shape index (κ2) is 6.89. The molecule has 0 aliphatic carbocycles. The number of benzene rings is 1. The molecule has 5 heteroatoms. The van der Waals surface area contributed by atoms with Gasteiger partial charge in [0.2, 0.25) is 0 Å². The van der Waals surface area contributed by atoms with Crippen LogP contribution < -0.4 is 5.32 Å². The number of anilines is 1. The van der Waals surface area contributed by atoms with Gasteiger partial charge in [0.05, 0.1) is 4.92 Å². The van der Waals surface area contributed by atoms with E-state index in [1.165, 1.54) is 12.8 Å². The standard InChI is InChI=1S/C16H25N3O2/c1-4-17-15-10-14(5-6-16(15)19(20)21)11-18-8-7-12(2)9-13(18)3/h5-6,10,12-13,17H,4,7-9,11H2,1-3H3. The highest BCUT2D eigenvalue weighted by Gasteiger charge is 2.23. The molecule has 1 aliphatic heterocycles. The molecule has 1 heterocycles. The molecule has 21 heavy (non-hydrogen) atoms. The number of nitro benzene ring substituents is 1. The Kier molecular flexibility index (Phi) is 5.17. The van der Waals surface area contributed by atoms with Crippen LogP contribution in [0.2, 0.25) is 0 Å². The van der Waals surface area contributed by atoms with Gasteiger partial charge in [-0.2, -0.15) is 0 Å². The van der Waals surface area contributed by atoms with Gasteiger partial charge in [-0.1, -0.05) is 13.0 Å². The molecule has 0 bridgehead atoms. The van der Waals surface area contributed by atoms with Crippen molar-refractivity contribution in [3.63, 3.8) is 0 Å². The number of nitrogens with zero attached hydrogens (tertiary/aromatic N) is 2. The second-order valence-corrected chi connectivity index (χ2v) is 6.09. The lowest BCUT2D eigenvalue weighted by Gasteiger charge is -2.36. The van der Waals surface area contributed by atoms with E-state index in [1.807, 2.05) is 19.1 Å². The van der Waals surface area contributed by atoms with Crippen molar-refractivity contribution in [2.45, 2.75) is 46.2 Å². The van der Waals surface area contributed by atoms with Crippen molar-refractivity contribution in [2.75, 3.05) is 18.4 Å². The topological polar surface area (TPSA) is 58.4 Å². The molecule has 1 aromatic rings. The van der Waals surface area contributed by atoms with Gasteiger partial charge < -0.3 is 5.32 Å². The van der Waals surface area contributed by atoms with E-state index < -0.39 is 0 Å². The number of rotatable bonds is 5. The zero-order valence-corrected chi connectivity index (χ0v) is 13.1. The molecule has 1 aliphatic rings. The van der Waals surface area contributed by atoms with Gasteiger partial charge in [0.1, 0.15) is 5.69 Å². The van der Waals surface area contributed by atoms with Crippen LogP contribution in [-0.2, 0) is 6.54 Å². The van der Waals surface area contributed by atoms with E-state index in [0.29, 0.717) is 18.3 Å². The third-order valence-corrected chi connectivity index (χ3v) is 4.29. The summed E-state index contributed by atoms with van der Waals surface area (Å²) in [7, 11) is 0. The van der Waals surface area contributed by atoms with Gasteiger partial charge in [-0.3, -0.25) is 15.0 Å². The van der Waals surface area contributed by atoms with Gasteiger partial charge in [-0.05, 0) is 50.8 Å². The molecule has 1 N–H and O–H groups in total. The largest absolute Gasteiger partial charge is 0.380 e. The van der Waals surface area contributed by atoms with E-state index in [2.05, 4.69) is 24.1 Å². The van der Waals surface area contributed by atoms with Crippen LogP contribution in [0.15, 0.2) is 18.2 Å². The molecule has 5 nitrogen and oxygen atoms in total. The van der Waals surface area contributed by atoms with Crippen molar-refractivity contribution >= 4 is 11.4 Å². The third kappa shape index (κ3) is 3.94. The van der Waals surface area contributed by atoms with Crippen molar-refractivity contribution in [1.82, 2.24) is 4.90 Å². The monoisotopic (exact) mass is 291 g/mol. The third-order valence-electron chi connectivity index (χ3n) is 4.29. The molecule has 116 valence electrons. The van der Waals surface area contributed by atoms with Crippen LogP contribution in [0.25, 0.3) is 0 Å². The van der Waals surface area contributed by atoms with E-state index >= 15 is 0 Å². The summed E-state index contributed by atoms with van der Waals surface area (Å²) in [5.41, 5.74) is 1.91. The van der Waals surface area contributed by atoms with Gasteiger partial charge in [0.25, 0.3) is 5.69 Å². The van der Waals surface area contributed by atoms with Crippen molar-refractivity contribution in [3.8, 4) is 0 Å². The van der Waals surface area contributed by atoms with Crippen LogP contribution in [-0.4, -0.2) is 29.0 Å². The van der Waals surface area contributed by atoms with E-state index in [4.69, 9.17) is 0 Å². The Morgan fingerprint density at radius 2 is 2.19 bits per heavy atom. The zero-order valence-electron chi connectivity index (χ0n) is 13.1. The maximum absolute atomic E-state index is 11.0. The van der Waals surface area contributed by atoms with Crippen LogP contribution in [0.4, 0.5) is 11.4 Å². The normalized spacial score (nSPS) is 23.0. The van der Waals surface area contributed by atoms with E-state index in [9.17, 15) is 10.1 Å². The molecule has 2 unspecified atom stereocenters. The van der Waals surface area contributed by atoms with E-state index in [1.54, 1.807) is 6.07 Å². The fourth-order valence-corrected chi connectivity index (χ4v) is 3.10. The number of piperidine rings is 1. The molecule has 0 amide bonds. The zero-order chi connectivity index (χ0) is 15.4. The molecule has 1 fully saturated rings. The molecule has 0 radical (unpaired) electrons. The number of hydrogen-bond donors (Lipinski definition) is 1. The van der Waals surface area contributed by atoms with Gasteiger partial charge in [-0.25, -0.2) is 0 Å². The van der Waals surface area contributed by atoms with Crippen molar-refractivity contribution in [2.24, 2.45) is 5.92 Å². The smallest absolute Gasteiger partial charge is 0.292 e. The summed E-state index contributed by atoms with van der Waals surface area (Å²) < 4.78 is 0. The first-order chi connectivity index (χ1) is 10.0. The number of hydrogen-bond acceptors (Lipinski definition) is 4. The summed E-state index contributed by atoms with van der Waals surface area (Å²) >= 11 is 0. The minimum absolute atomic E-state index is 0.154. The van der Waals surface area contributed by atoms with Crippen molar-refractivity contribution < 1.29 is 4.92 Å². The highest BCUT2D eigenvalue weighted by Crippen LogP contribution is 2.28. The van der Waals surface area contributed by atoms with E-state index in [0.717, 1.165) is 24.6 Å². The lowest BCUT2D eigenvalue weighted by atomic mass is 9.93. The van der Waals surface area contributed by atoms with Crippen molar-refractivity contribution in [1.29, 1.82) is 0 Å². The van der Waals surface area contributed by atoms with Crippen LogP contribution >= 0.6 is 0 Å². The van der Waals surface area contributed by atoms with E-state index in [-0.39, 0.29) is 10.6 Å². The van der Waals surface area contributed by atoms with Crippen molar-refractivity contribution in [3.05, 3.63) is 33.9 Å². The molecule has 2 atom stereocenters. The fourth-order valence-electron chi connectivity index (χ4n) is 3.10. The first-order valence-electron chi connectivity index (χ1n) is 7.76. The summed E-state index contributed by atoms with van der Waals surface area (Å²) in [6.07, 6.45) is 2.46. The highest BCUT2D eigenvalue weighted by molar-refractivity contribution is 5.62. The van der Waals surface area contributed by atoms with Gasteiger partial charge in [-0.15, -0.1) is 0 Å². The summed E-state index contributed by atoms with van der Waals surface area (Å²) in [5, 5.41) is 14.1. The van der Waals surface area contributed by atoms with Crippen LogP contribution in [0.5, 0.6) is 0 Å². The summed E-state index contributed by atoms with van der Waals surface area (Å²) in [6, 6.07) is 5.99. The first kappa shape index (κ1) is 15.8. The number of likely N-dealkylation sites (tertiary alicyclic amines) is 1. The SMILES string of the molecule is CCNc1cc(CN2CCC(C)CC2C)ccc1[N+](=O)[O-]. The lowest BCUT2D eigenvalue weighted by molar-refractivity contribution is -0.384. The molecular formula is C16H25N3O2. The average Bonchev–Trinajstić information content (AvgIpc) is 2.42. The fraction of sp³-hybridized carbons (Fsp3) is 0.625. The molecular weight excluding hydrogens is 266 g/mol. The Morgan fingerprint density at radius 3 is 2.81 bits per heavy atom. The van der Waals surface area contributed by atoms with Crippen LogP contribution in [0.1, 0.15) is 39.2 Å². The van der Waals surface area contributed by atoms with Crippen LogP contribution in [0.3, 0.4) is 0 Å². The Labute approximate surface area is 126 Å². The first-order valence-corrected chi connectivity index (χ1v) is 7.76. The maximum atomic E-state index is 11.0. The van der Waals surface area contributed by atoms with Crippen LogP contribution in [0, 0.1) is 16.0 Å². The second-order valence-electron chi connectivity index (χ2n) is 6.09.